The molecular formula is C10H18N4O2S. The number of aromatic amines is 1. The number of hydrogen-bond acceptors (Lipinski definition) is 4. The number of aryl methyl sites for hydroxylation is 2. The van der Waals surface area contributed by atoms with Crippen LogP contribution in [0.1, 0.15) is 24.2 Å². The largest absolute Gasteiger partial charge is 0.329 e. The van der Waals surface area contributed by atoms with E-state index in [1.165, 1.54) is 4.31 Å². The molecule has 1 saturated heterocycles. The number of H-pyrrole nitrogens is 1. The highest BCUT2D eigenvalue weighted by atomic mass is 32.2. The minimum atomic E-state index is -3.46. The molecule has 1 fully saturated rings. The fourth-order valence-electron chi connectivity index (χ4n) is 2.40. The van der Waals surface area contributed by atoms with Crippen molar-refractivity contribution in [3.05, 3.63) is 11.4 Å². The standard InChI is InChI=1S/C10H18N4O2S/c1-7-10(8(2)13-12-7)17(15,16)14-5-3-4-9(14)6-11/h9H,3-6,11H2,1-2H3,(H,12,13). The average Bonchev–Trinajstić information content (AvgIpc) is 2.85. The zero-order valence-electron chi connectivity index (χ0n) is 10.1. The average molecular weight is 258 g/mol. The first-order valence-corrected chi connectivity index (χ1v) is 7.16. The molecule has 0 aliphatic carbocycles. The Morgan fingerprint density at radius 3 is 2.76 bits per heavy atom. The van der Waals surface area contributed by atoms with Crippen LogP contribution in [0.3, 0.4) is 0 Å². The van der Waals surface area contributed by atoms with E-state index in [4.69, 9.17) is 5.73 Å². The lowest BCUT2D eigenvalue weighted by Crippen LogP contribution is -2.40. The molecule has 0 saturated carbocycles. The lowest BCUT2D eigenvalue weighted by molar-refractivity contribution is 0.392. The van der Waals surface area contributed by atoms with E-state index in [1.807, 2.05) is 0 Å². The van der Waals surface area contributed by atoms with Crippen LogP contribution in [0.25, 0.3) is 0 Å². The summed E-state index contributed by atoms with van der Waals surface area (Å²) in [4.78, 5) is 0.304. The van der Waals surface area contributed by atoms with Crippen molar-refractivity contribution in [2.75, 3.05) is 13.1 Å². The highest BCUT2D eigenvalue weighted by Crippen LogP contribution is 2.28. The van der Waals surface area contributed by atoms with Crippen LogP contribution < -0.4 is 5.73 Å². The van der Waals surface area contributed by atoms with Gasteiger partial charge in [0.25, 0.3) is 0 Å². The lowest BCUT2D eigenvalue weighted by atomic mass is 10.2. The van der Waals surface area contributed by atoms with Crippen molar-refractivity contribution in [1.82, 2.24) is 14.5 Å². The summed E-state index contributed by atoms with van der Waals surface area (Å²) in [5, 5.41) is 6.65. The Bertz CT molecular complexity index is 489. The Hall–Kier alpha value is -0.920. The zero-order chi connectivity index (χ0) is 12.6. The van der Waals surface area contributed by atoms with E-state index < -0.39 is 10.0 Å². The van der Waals surface area contributed by atoms with Crippen LogP contribution in [-0.2, 0) is 10.0 Å². The number of hydrogen-bond donors (Lipinski definition) is 2. The Morgan fingerprint density at radius 2 is 2.24 bits per heavy atom. The monoisotopic (exact) mass is 258 g/mol. The third-order valence-corrected chi connectivity index (χ3v) is 5.44. The van der Waals surface area contributed by atoms with Gasteiger partial charge in [0.05, 0.1) is 11.4 Å². The van der Waals surface area contributed by atoms with Crippen LogP contribution in [0.4, 0.5) is 0 Å². The van der Waals surface area contributed by atoms with Crippen molar-refractivity contribution in [2.45, 2.75) is 37.6 Å². The van der Waals surface area contributed by atoms with Gasteiger partial charge in [-0.05, 0) is 26.7 Å². The van der Waals surface area contributed by atoms with Gasteiger partial charge in [-0.2, -0.15) is 9.40 Å². The van der Waals surface area contributed by atoms with Crippen molar-refractivity contribution < 1.29 is 8.42 Å². The summed E-state index contributed by atoms with van der Waals surface area (Å²) in [6.07, 6.45) is 1.71. The summed E-state index contributed by atoms with van der Waals surface area (Å²) >= 11 is 0. The predicted molar refractivity (Wildman–Crippen MR) is 64.0 cm³/mol. The first kappa shape index (κ1) is 12.5. The van der Waals surface area contributed by atoms with Gasteiger partial charge in [0.1, 0.15) is 4.90 Å². The molecule has 1 atom stereocenters. The molecule has 3 N–H and O–H groups in total. The van der Waals surface area contributed by atoms with Gasteiger partial charge in [-0.25, -0.2) is 8.42 Å². The molecule has 6 nitrogen and oxygen atoms in total. The summed E-state index contributed by atoms with van der Waals surface area (Å²) in [5.41, 5.74) is 6.73. The molecule has 0 aromatic carbocycles. The summed E-state index contributed by atoms with van der Waals surface area (Å²) in [6, 6.07) is -0.0753. The number of nitrogens with one attached hydrogen (secondary N) is 1. The first-order chi connectivity index (χ1) is 7.98. The third kappa shape index (κ3) is 1.98. The topological polar surface area (TPSA) is 92.1 Å². The molecule has 2 heterocycles. The Morgan fingerprint density at radius 1 is 1.53 bits per heavy atom. The van der Waals surface area contributed by atoms with E-state index in [9.17, 15) is 8.42 Å². The Balaban J connectivity index is 2.43. The first-order valence-electron chi connectivity index (χ1n) is 5.72. The fourth-order valence-corrected chi connectivity index (χ4v) is 4.44. The molecule has 96 valence electrons. The molecule has 1 aliphatic rings. The maximum absolute atomic E-state index is 12.5. The fraction of sp³-hybridized carbons (Fsp3) is 0.700. The number of sulfonamides is 1. The van der Waals surface area contributed by atoms with Crippen molar-refractivity contribution in [1.29, 1.82) is 0 Å². The Labute approximate surface area is 101 Å². The molecule has 0 amide bonds. The van der Waals surface area contributed by atoms with Gasteiger partial charge in [-0.15, -0.1) is 0 Å². The summed E-state index contributed by atoms with van der Waals surface area (Å²) in [5.74, 6) is 0. The second-order valence-electron chi connectivity index (χ2n) is 4.41. The smallest absolute Gasteiger partial charge is 0.247 e. The predicted octanol–water partition coefficient (Wildman–Crippen LogP) is 0.138. The van der Waals surface area contributed by atoms with Crippen molar-refractivity contribution in [2.24, 2.45) is 5.73 Å². The van der Waals surface area contributed by atoms with E-state index >= 15 is 0 Å². The van der Waals surface area contributed by atoms with Crippen molar-refractivity contribution >= 4 is 10.0 Å². The highest BCUT2D eigenvalue weighted by molar-refractivity contribution is 7.89. The summed E-state index contributed by atoms with van der Waals surface area (Å²) < 4.78 is 26.5. The maximum atomic E-state index is 12.5. The maximum Gasteiger partial charge on any atom is 0.247 e. The van der Waals surface area contributed by atoms with Gasteiger partial charge in [0.15, 0.2) is 0 Å². The van der Waals surface area contributed by atoms with Gasteiger partial charge < -0.3 is 5.73 Å². The zero-order valence-corrected chi connectivity index (χ0v) is 10.9. The van der Waals surface area contributed by atoms with Crippen molar-refractivity contribution in [3.63, 3.8) is 0 Å². The molecule has 7 heteroatoms. The second-order valence-corrected chi connectivity index (χ2v) is 6.24. The molecule has 2 rings (SSSR count). The van der Waals surface area contributed by atoms with E-state index in [-0.39, 0.29) is 6.04 Å². The number of nitrogens with two attached hydrogens (primary N) is 1. The van der Waals surface area contributed by atoms with E-state index in [0.29, 0.717) is 29.4 Å². The molecule has 0 radical (unpaired) electrons. The summed E-state index contributed by atoms with van der Waals surface area (Å²) in [6.45, 7) is 4.34. The van der Waals surface area contributed by atoms with Crippen LogP contribution in [0.15, 0.2) is 4.90 Å². The summed E-state index contributed by atoms with van der Waals surface area (Å²) in [7, 11) is -3.46. The van der Waals surface area contributed by atoms with Gasteiger partial charge >= 0.3 is 0 Å². The molecule has 1 aromatic rings. The number of rotatable bonds is 3. The molecule has 1 aliphatic heterocycles. The molecule has 0 bridgehead atoms. The number of aromatic nitrogens is 2. The molecule has 17 heavy (non-hydrogen) atoms. The van der Waals surface area contributed by atoms with Crippen molar-refractivity contribution in [3.8, 4) is 0 Å². The minimum absolute atomic E-state index is 0.0753. The molecule has 1 unspecified atom stereocenters. The van der Waals surface area contributed by atoms with E-state index in [0.717, 1.165) is 12.8 Å². The van der Waals surface area contributed by atoms with Crippen LogP contribution in [0, 0.1) is 13.8 Å². The normalized spacial score (nSPS) is 22.2. The van der Waals surface area contributed by atoms with Gasteiger partial charge in [-0.3, -0.25) is 5.10 Å². The quantitative estimate of drug-likeness (QED) is 0.806. The molecular weight excluding hydrogens is 240 g/mol. The van der Waals surface area contributed by atoms with Gasteiger partial charge in [0, 0.05) is 19.1 Å². The van der Waals surface area contributed by atoms with Crippen LogP contribution >= 0.6 is 0 Å². The SMILES string of the molecule is Cc1n[nH]c(C)c1S(=O)(=O)N1CCCC1CN. The third-order valence-electron chi connectivity index (χ3n) is 3.22. The lowest BCUT2D eigenvalue weighted by Gasteiger charge is -2.22. The second kappa shape index (κ2) is 4.40. The van der Waals surface area contributed by atoms with Crippen LogP contribution in [0.5, 0.6) is 0 Å². The van der Waals surface area contributed by atoms with Gasteiger partial charge in [-0.1, -0.05) is 0 Å². The number of nitrogens with zero attached hydrogens (tertiary/aromatic N) is 2. The molecule has 1 aromatic heterocycles. The highest BCUT2D eigenvalue weighted by Gasteiger charge is 2.36. The van der Waals surface area contributed by atoms with E-state index in [1.54, 1.807) is 13.8 Å². The van der Waals surface area contributed by atoms with Crippen LogP contribution in [0.2, 0.25) is 0 Å². The Kier molecular flexibility index (Phi) is 3.24. The van der Waals surface area contributed by atoms with E-state index in [2.05, 4.69) is 10.2 Å². The van der Waals surface area contributed by atoms with Crippen LogP contribution in [-0.4, -0.2) is 42.1 Å². The minimum Gasteiger partial charge on any atom is -0.329 e. The molecule has 0 spiro atoms. The van der Waals surface area contributed by atoms with Gasteiger partial charge in [0.2, 0.25) is 10.0 Å².